The molecule has 0 spiro atoms. The monoisotopic (exact) mass is 352 g/mol. The van der Waals surface area contributed by atoms with Crippen molar-refractivity contribution in [3.05, 3.63) is 59.7 Å². The third kappa shape index (κ3) is 3.72. The average Bonchev–Trinajstić information content (AvgIpc) is 2.64. The van der Waals surface area contributed by atoms with E-state index < -0.39 is 6.04 Å². The standard InChI is InChI=1S/C21H24N2O3/c1-14(2)19(22-20(24)16-8-6-7-15(3)13-16)21(25)23-11-12-26-18-10-5-4-9-17(18)23/h4-10,13-14,19H,11-12H2,1-3H3,(H,22,24). The van der Waals surface area contributed by atoms with E-state index in [2.05, 4.69) is 5.32 Å². The maximum Gasteiger partial charge on any atom is 0.251 e. The van der Waals surface area contributed by atoms with E-state index in [1.807, 2.05) is 63.2 Å². The van der Waals surface area contributed by atoms with E-state index in [-0.39, 0.29) is 17.7 Å². The zero-order valence-electron chi connectivity index (χ0n) is 15.4. The predicted octanol–water partition coefficient (Wildman–Crippen LogP) is 3.18. The number of benzene rings is 2. The fraction of sp³-hybridized carbons (Fsp3) is 0.333. The molecule has 1 atom stereocenters. The highest BCUT2D eigenvalue weighted by molar-refractivity contribution is 6.03. The highest BCUT2D eigenvalue weighted by Gasteiger charge is 2.32. The first kappa shape index (κ1) is 18.0. The van der Waals surface area contributed by atoms with Gasteiger partial charge < -0.3 is 15.0 Å². The Kier molecular flexibility index (Phi) is 5.26. The molecular formula is C21H24N2O3. The lowest BCUT2D eigenvalue weighted by atomic mass is 10.0. The molecule has 26 heavy (non-hydrogen) atoms. The van der Waals surface area contributed by atoms with E-state index >= 15 is 0 Å². The van der Waals surface area contributed by atoms with Crippen LogP contribution in [-0.2, 0) is 4.79 Å². The molecule has 2 aromatic rings. The fourth-order valence-electron chi connectivity index (χ4n) is 3.09. The molecule has 1 aliphatic rings. The molecule has 1 N–H and O–H groups in total. The largest absolute Gasteiger partial charge is 0.490 e. The van der Waals surface area contributed by atoms with Crippen molar-refractivity contribution < 1.29 is 14.3 Å². The van der Waals surface area contributed by atoms with Crippen molar-refractivity contribution in [1.82, 2.24) is 5.32 Å². The Morgan fingerprint density at radius 2 is 1.88 bits per heavy atom. The number of carbonyl (C=O) groups is 2. The summed E-state index contributed by atoms with van der Waals surface area (Å²) in [5.41, 5.74) is 2.32. The molecule has 0 radical (unpaired) electrons. The van der Waals surface area contributed by atoms with Gasteiger partial charge in [-0.3, -0.25) is 9.59 Å². The molecule has 0 bridgehead atoms. The zero-order chi connectivity index (χ0) is 18.7. The summed E-state index contributed by atoms with van der Waals surface area (Å²) < 4.78 is 5.63. The van der Waals surface area contributed by atoms with Gasteiger partial charge in [0.15, 0.2) is 0 Å². The Labute approximate surface area is 154 Å². The number of nitrogens with one attached hydrogen (secondary N) is 1. The molecule has 5 nitrogen and oxygen atoms in total. The number of hydrogen-bond donors (Lipinski definition) is 1. The summed E-state index contributed by atoms with van der Waals surface area (Å²) in [6, 6.07) is 14.2. The van der Waals surface area contributed by atoms with Gasteiger partial charge in [0.25, 0.3) is 5.91 Å². The van der Waals surface area contributed by atoms with Gasteiger partial charge in [-0.2, -0.15) is 0 Å². The van der Waals surface area contributed by atoms with Gasteiger partial charge in [-0.1, -0.05) is 43.7 Å². The summed E-state index contributed by atoms with van der Waals surface area (Å²) in [5, 5.41) is 2.92. The first-order valence-electron chi connectivity index (χ1n) is 8.88. The molecule has 136 valence electrons. The highest BCUT2D eigenvalue weighted by atomic mass is 16.5. The van der Waals surface area contributed by atoms with Crippen LogP contribution >= 0.6 is 0 Å². The number of para-hydroxylation sites is 2. The minimum absolute atomic E-state index is 0.0359. The number of anilines is 1. The summed E-state index contributed by atoms with van der Waals surface area (Å²) in [5.74, 6) is 0.310. The lowest BCUT2D eigenvalue weighted by Crippen LogP contribution is -2.53. The Hall–Kier alpha value is -2.82. The van der Waals surface area contributed by atoms with Crippen molar-refractivity contribution in [3.63, 3.8) is 0 Å². The van der Waals surface area contributed by atoms with Crippen molar-refractivity contribution in [2.24, 2.45) is 5.92 Å². The molecule has 1 unspecified atom stereocenters. The number of aryl methyl sites for hydroxylation is 1. The molecule has 0 fully saturated rings. The van der Waals surface area contributed by atoms with Crippen LogP contribution in [0.25, 0.3) is 0 Å². The maximum absolute atomic E-state index is 13.2. The molecule has 2 amide bonds. The second kappa shape index (κ2) is 7.60. The quantitative estimate of drug-likeness (QED) is 0.919. The van der Waals surface area contributed by atoms with E-state index in [9.17, 15) is 9.59 Å². The first-order valence-corrected chi connectivity index (χ1v) is 8.88. The van der Waals surface area contributed by atoms with Gasteiger partial charge in [-0.05, 0) is 37.1 Å². The Morgan fingerprint density at radius 1 is 1.12 bits per heavy atom. The molecule has 0 aromatic heterocycles. The minimum atomic E-state index is -0.603. The summed E-state index contributed by atoms with van der Waals surface area (Å²) in [6.07, 6.45) is 0. The van der Waals surface area contributed by atoms with E-state index in [0.717, 1.165) is 11.3 Å². The molecule has 1 heterocycles. The lowest BCUT2D eigenvalue weighted by molar-refractivity contribution is -0.121. The minimum Gasteiger partial charge on any atom is -0.490 e. The zero-order valence-corrected chi connectivity index (χ0v) is 15.4. The van der Waals surface area contributed by atoms with Gasteiger partial charge in [0, 0.05) is 5.56 Å². The van der Waals surface area contributed by atoms with Crippen LogP contribution in [0.1, 0.15) is 29.8 Å². The van der Waals surface area contributed by atoms with E-state index in [0.29, 0.717) is 24.5 Å². The number of amides is 2. The molecule has 0 aliphatic carbocycles. The van der Waals surface area contributed by atoms with Crippen molar-refractivity contribution in [1.29, 1.82) is 0 Å². The predicted molar refractivity (Wildman–Crippen MR) is 102 cm³/mol. The molecule has 0 saturated carbocycles. The second-order valence-electron chi connectivity index (χ2n) is 6.87. The normalized spacial score (nSPS) is 14.4. The van der Waals surface area contributed by atoms with Gasteiger partial charge in [-0.15, -0.1) is 0 Å². The SMILES string of the molecule is Cc1cccc(C(=O)NC(C(=O)N2CCOc3ccccc32)C(C)C)c1. The van der Waals surface area contributed by atoms with Gasteiger partial charge in [0.05, 0.1) is 12.2 Å². The smallest absolute Gasteiger partial charge is 0.251 e. The average molecular weight is 352 g/mol. The number of ether oxygens (including phenoxy) is 1. The molecule has 0 saturated heterocycles. The van der Waals surface area contributed by atoms with Crippen LogP contribution in [0.15, 0.2) is 48.5 Å². The van der Waals surface area contributed by atoms with Crippen molar-refractivity contribution in [3.8, 4) is 5.75 Å². The van der Waals surface area contributed by atoms with Gasteiger partial charge in [0.1, 0.15) is 18.4 Å². The second-order valence-corrected chi connectivity index (χ2v) is 6.87. The van der Waals surface area contributed by atoms with E-state index in [1.165, 1.54) is 0 Å². The van der Waals surface area contributed by atoms with Crippen LogP contribution in [0.4, 0.5) is 5.69 Å². The number of nitrogens with zero attached hydrogens (tertiary/aromatic N) is 1. The van der Waals surface area contributed by atoms with Crippen molar-refractivity contribution in [2.75, 3.05) is 18.1 Å². The number of carbonyl (C=O) groups excluding carboxylic acids is 2. The Morgan fingerprint density at radius 3 is 2.62 bits per heavy atom. The number of hydrogen-bond acceptors (Lipinski definition) is 3. The molecule has 5 heteroatoms. The summed E-state index contributed by atoms with van der Waals surface area (Å²) in [6.45, 7) is 6.72. The van der Waals surface area contributed by atoms with Gasteiger partial charge in [0.2, 0.25) is 5.91 Å². The van der Waals surface area contributed by atoms with Crippen LogP contribution in [0.2, 0.25) is 0 Å². The van der Waals surface area contributed by atoms with E-state index in [1.54, 1.807) is 11.0 Å². The third-order valence-electron chi connectivity index (χ3n) is 4.49. The summed E-state index contributed by atoms with van der Waals surface area (Å²) in [7, 11) is 0. The lowest BCUT2D eigenvalue weighted by Gasteiger charge is -2.33. The Bertz CT molecular complexity index is 816. The van der Waals surface area contributed by atoms with Crippen LogP contribution in [-0.4, -0.2) is 31.0 Å². The van der Waals surface area contributed by atoms with E-state index in [4.69, 9.17) is 4.74 Å². The van der Waals surface area contributed by atoms with Gasteiger partial charge >= 0.3 is 0 Å². The van der Waals surface area contributed by atoms with Gasteiger partial charge in [-0.25, -0.2) is 0 Å². The fourth-order valence-corrected chi connectivity index (χ4v) is 3.09. The van der Waals surface area contributed by atoms with Crippen molar-refractivity contribution >= 4 is 17.5 Å². The maximum atomic E-state index is 13.2. The highest BCUT2D eigenvalue weighted by Crippen LogP contribution is 2.31. The summed E-state index contributed by atoms with van der Waals surface area (Å²) >= 11 is 0. The van der Waals surface area contributed by atoms with Crippen LogP contribution in [0, 0.1) is 12.8 Å². The molecular weight excluding hydrogens is 328 g/mol. The topological polar surface area (TPSA) is 58.6 Å². The molecule has 1 aliphatic heterocycles. The van der Waals surface area contributed by atoms with Crippen LogP contribution in [0.5, 0.6) is 5.75 Å². The first-order chi connectivity index (χ1) is 12.5. The molecule has 3 rings (SSSR count). The number of fused-ring (bicyclic) bond motifs is 1. The Balaban J connectivity index is 1.82. The number of rotatable bonds is 4. The summed E-state index contributed by atoms with van der Waals surface area (Å²) in [4.78, 5) is 27.5. The van der Waals surface area contributed by atoms with Crippen LogP contribution in [0.3, 0.4) is 0 Å². The van der Waals surface area contributed by atoms with Crippen molar-refractivity contribution in [2.45, 2.75) is 26.8 Å². The van der Waals surface area contributed by atoms with Crippen LogP contribution < -0.4 is 15.0 Å². The molecule has 2 aromatic carbocycles. The third-order valence-corrected chi connectivity index (χ3v) is 4.49.